The van der Waals surface area contributed by atoms with Crippen molar-refractivity contribution < 1.29 is 29.0 Å². The van der Waals surface area contributed by atoms with Crippen LogP contribution in [-0.2, 0) is 14.4 Å². The van der Waals surface area contributed by atoms with E-state index in [2.05, 4.69) is 5.32 Å². The van der Waals surface area contributed by atoms with Crippen molar-refractivity contribution in [2.75, 3.05) is 18.5 Å². The Morgan fingerprint density at radius 1 is 1.29 bits per heavy atom. The Morgan fingerprint density at radius 2 is 2.00 bits per heavy atom. The summed E-state index contributed by atoms with van der Waals surface area (Å²) >= 11 is 0. The smallest absolute Gasteiger partial charge is 0.303 e. The topological polar surface area (TPSA) is 113 Å². The molecule has 1 heterocycles. The van der Waals surface area contributed by atoms with Crippen LogP contribution in [0.15, 0.2) is 18.2 Å². The number of benzene rings is 1. The second-order valence-corrected chi connectivity index (χ2v) is 5.36. The van der Waals surface area contributed by atoms with Gasteiger partial charge in [-0.3, -0.25) is 24.1 Å². The average Bonchev–Trinajstić information content (AvgIpc) is 2.56. The summed E-state index contributed by atoms with van der Waals surface area (Å²) in [6, 6.07) is 4.51. The third kappa shape index (κ3) is 3.70. The molecule has 1 unspecified atom stereocenters. The summed E-state index contributed by atoms with van der Waals surface area (Å²) in [6.07, 6.45) is -1.16. The van der Waals surface area contributed by atoms with E-state index in [0.29, 0.717) is 11.4 Å². The number of hydrogen-bond acceptors (Lipinski definition) is 5. The lowest BCUT2D eigenvalue weighted by atomic mass is 10.0. The van der Waals surface area contributed by atoms with Crippen molar-refractivity contribution in [1.29, 1.82) is 0 Å². The summed E-state index contributed by atoms with van der Waals surface area (Å²) in [4.78, 5) is 47.9. The van der Waals surface area contributed by atoms with Crippen LogP contribution in [-0.4, -0.2) is 48.4 Å². The molecule has 0 fully saturated rings. The molecule has 0 radical (unpaired) electrons. The third-order valence-corrected chi connectivity index (χ3v) is 3.64. The maximum Gasteiger partial charge on any atom is 0.303 e. The molecule has 2 amide bonds. The summed E-state index contributed by atoms with van der Waals surface area (Å²) in [5, 5.41) is 11.1. The number of anilines is 1. The maximum absolute atomic E-state index is 12.3. The molecule has 1 aromatic rings. The summed E-state index contributed by atoms with van der Waals surface area (Å²) < 4.78 is 5.49. The van der Waals surface area contributed by atoms with Crippen LogP contribution in [0.3, 0.4) is 0 Å². The van der Waals surface area contributed by atoms with Crippen molar-refractivity contribution in [2.45, 2.75) is 25.9 Å². The van der Waals surface area contributed by atoms with Crippen molar-refractivity contribution in [1.82, 2.24) is 5.32 Å². The van der Waals surface area contributed by atoms with Gasteiger partial charge < -0.3 is 15.2 Å². The van der Waals surface area contributed by atoms with Crippen LogP contribution in [0, 0.1) is 0 Å². The minimum Gasteiger partial charge on any atom is -0.481 e. The lowest BCUT2D eigenvalue weighted by Gasteiger charge is -2.32. The fraction of sp³-hybridized carbons (Fsp3) is 0.375. The second kappa shape index (κ2) is 7.12. The number of fused-ring (bicyclic) bond motifs is 1. The number of ketones is 1. The molecular weight excluding hydrogens is 316 g/mol. The van der Waals surface area contributed by atoms with Gasteiger partial charge in [-0.15, -0.1) is 0 Å². The molecule has 0 aromatic heterocycles. The minimum atomic E-state index is -1.06. The molecule has 0 spiro atoms. The molecule has 128 valence electrons. The molecule has 24 heavy (non-hydrogen) atoms. The number of hydrogen-bond donors (Lipinski definition) is 2. The molecule has 2 N–H and O–H groups in total. The fourth-order valence-corrected chi connectivity index (χ4v) is 2.33. The summed E-state index contributed by atoms with van der Waals surface area (Å²) in [5.74, 6) is -1.77. The van der Waals surface area contributed by atoms with E-state index in [0.717, 1.165) is 0 Å². The first-order chi connectivity index (χ1) is 11.3. The highest BCUT2D eigenvalue weighted by Crippen LogP contribution is 2.35. The highest BCUT2D eigenvalue weighted by atomic mass is 16.5. The lowest BCUT2D eigenvalue weighted by molar-refractivity contribution is -0.137. The Balaban J connectivity index is 2.33. The molecule has 8 heteroatoms. The van der Waals surface area contributed by atoms with Crippen molar-refractivity contribution in [2.24, 2.45) is 0 Å². The predicted octanol–water partition coefficient (Wildman–Crippen LogP) is 0.594. The van der Waals surface area contributed by atoms with E-state index in [4.69, 9.17) is 9.84 Å². The first kappa shape index (κ1) is 17.5. The summed E-state index contributed by atoms with van der Waals surface area (Å²) in [6.45, 7) is 1.39. The Bertz CT molecular complexity index is 700. The fourth-order valence-electron chi connectivity index (χ4n) is 2.33. The molecule has 0 saturated heterocycles. The number of Topliss-reactive ketones (excluding diaryl/α,β-unsaturated/α-hetero) is 1. The number of carbonyl (C=O) groups excluding carboxylic acids is 3. The van der Waals surface area contributed by atoms with E-state index in [1.165, 1.54) is 24.1 Å². The Morgan fingerprint density at radius 3 is 2.62 bits per heavy atom. The molecule has 1 atom stereocenters. The zero-order chi connectivity index (χ0) is 17.9. The zero-order valence-corrected chi connectivity index (χ0v) is 13.4. The van der Waals surface area contributed by atoms with Crippen molar-refractivity contribution in [3.8, 4) is 5.75 Å². The number of carbonyl (C=O) groups is 4. The number of nitrogens with one attached hydrogen (secondary N) is 1. The normalized spacial score (nSPS) is 16.2. The van der Waals surface area contributed by atoms with Gasteiger partial charge in [0, 0.05) is 19.0 Å². The van der Waals surface area contributed by atoms with Crippen LogP contribution in [0.4, 0.5) is 5.69 Å². The van der Waals surface area contributed by atoms with E-state index in [9.17, 15) is 19.2 Å². The van der Waals surface area contributed by atoms with Crippen molar-refractivity contribution >= 4 is 29.3 Å². The van der Waals surface area contributed by atoms with Gasteiger partial charge >= 0.3 is 5.97 Å². The van der Waals surface area contributed by atoms with Gasteiger partial charge in [0.1, 0.15) is 12.3 Å². The highest BCUT2D eigenvalue weighted by molar-refractivity contribution is 6.05. The van der Waals surface area contributed by atoms with Crippen LogP contribution in [0.5, 0.6) is 5.75 Å². The minimum absolute atomic E-state index is 0.144. The number of ether oxygens (including phenoxy) is 1. The zero-order valence-electron chi connectivity index (χ0n) is 13.4. The molecular formula is C16H18N2O6. The largest absolute Gasteiger partial charge is 0.481 e. The van der Waals surface area contributed by atoms with Gasteiger partial charge in [-0.2, -0.15) is 0 Å². The van der Waals surface area contributed by atoms with Crippen LogP contribution in [0.2, 0.25) is 0 Å². The van der Waals surface area contributed by atoms with E-state index in [1.54, 1.807) is 13.0 Å². The van der Waals surface area contributed by atoms with E-state index < -0.39 is 12.1 Å². The molecule has 1 aromatic carbocycles. The molecule has 0 bridgehead atoms. The third-order valence-electron chi connectivity index (χ3n) is 3.64. The number of amides is 2. The molecule has 1 aliphatic heterocycles. The Hall–Kier alpha value is -2.90. The lowest BCUT2D eigenvalue weighted by Crippen LogP contribution is -2.48. The molecule has 8 nitrogen and oxygen atoms in total. The van der Waals surface area contributed by atoms with Gasteiger partial charge in [0.2, 0.25) is 5.91 Å². The number of carboxylic acid groups (broad SMARTS) is 1. The number of carboxylic acids is 1. The van der Waals surface area contributed by atoms with Crippen LogP contribution in [0.1, 0.15) is 30.1 Å². The monoisotopic (exact) mass is 334 g/mol. The first-order valence-corrected chi connectivity index (χ1v) is 7.41. The Kier molecular flexibility index (Phi) is 5.18. The maximum atomic E-state index is 12.3. The van der Waals surface area contributed by atoms with Gasteiger partial charge in [-0.25, -0.2) is 0 Å². The molecule has 2 rings (SSSR count). The first-order valence-electron chi connectivity index (χ1n) is 7.41. The van der Waals surface area contributed by atoms with Gasteiger partial charge in [0.25, 0.3) is 5.91 Å². The highest BCUT2D eigenvalue weighted by Gasteiger charge is 2.33. The van der Waals surface area contributed by atoms with Gasteiger partial charge in [0.05, 0.1) is 12.1 Å². The predicted molar refractivity (Wildman–Crippen MR) is 84.2 cm³/mol. The van der Waals surface area contributed by atoms with Gasteiger partial charge in [-0.1, -0.05) is 0 Å². The second-order valence-electron chi connectivity index (χ2n) is 5.36. The SMILES string of the molecule is CNC(=O)CN1C(=O)C(C)Oc2ccc(C(=O)CCC(=O)O)cc21. The van der Waals surface area contributed by atoms with E-state index >= 15 is 0 Å². The number of nitrogens with zero attached hydrogens (tertiary/aromatic N) is 1. The molecule has 0 saturated carbocycles. The van der Waals surface area contributed by atoms with Crippen LogP contribution < -0.4 is 15.0 Å². The quantitative estimate of drug-likeness (QED) is 0.736. The summed E-state index contributed by atoms with van der Waals surface area (Å²) in [5.41, 5.74) is 0.589. The molecule has 1 aliphatic rings. The van der Waals surface area contributed by atoms with Gasteiger partial charge in [0.15, 0.2) is 11.9 Å². The Labute approximate surface area is 138 Å². The van der Waals surface area contributed by atoms with Gasteiger partial charge in [-0.05, 0) is 25.1 Å². The summed E-state index contributed by atoms with van der Waals surface area (Å²) in [7, 11) is 1.46. The number of aliphatic carboxylic acids is 1. The standard InChI is InChI=1S/C16H18N2O6/c1-9-16(23)18(8-14(20)17-2)11-7-10(3-5-13(11)24-9)12(19)4-6-15(21)22/h3,5,7,9H,4,6,8H2,1-2H3,(H,17,20)(H,21,22). The van der Waals surface area contributed by atoms with Crippen LogP contribution in [0.25, 0.3) is 0 Å². The van der Waals surface area contributed by atoms with Crippen molar-refractivity contribution in [3.63, 3.8) is 0 Å². The number of likely N-dealkylation sites (N-methyl/N-ethyl adjacent to an activating group) is 1. The molecule has 0 aliphatic carbocycles. The van der Waals surface area contributed by atoms with Crippen molar-refractivity contribution in [3.05, 3.63) is 23.8 Å². The van der Waals surface area contributed by atoms with Crippen LogP contribution >= 0.6 is 0 Å². The number of rotatable bonds is 6. The average molecular weight is 334 g/mol. The van der Waals surface area contributed by atoms with E-state index in [-0.39, 0.29) is 42.5 Å². The van der Waals surface area contributed by atoms with E-state index in [1.807, 2.05) is 0 Å².